The molecule has 0 aromatic heterocycles. The molecular formula is C15H18N2O6. The van der Waals surface area contributed by atoms with Crippen LogP contribution in [0, 0.1) is 0 Å². The second-order valence-electron chi connectivity index (χ2n) is 4.88. The quantitative estimate of drug-likeness (QED) is 0.738. The molecule has 23 heavy (non-hydrogen) atoms. The number of rotatable bonds is 6. The Morgan fingerprint density at radius 2 is 2.00 bits per heavy atom. The van der Waals surface area contributed by atoms with Crippen LogP contribution in [0.25, 0.3) is 0 Å². The van der Waals surface area contributed by atoms with Gasteiger partial charge in [-0.1, -0.05) is 0 Å². The van der Waals surface area contributed by atoms with E-state index >= 15 is 0 Å². The van der Waals surface area contributed by atoms with Crippen LogP contribution in [0.1, 0.15) is 12.8 Å². The van der Waals surface area contributed by atoms with Crippen LogP contribution < -0.4 is 20.1 Å². The minimum absolute atomic E-state index is 0.193. The first kappa shape index (κ1) is 16.6. The van der Waals surface area contributed by atoms with Crippen LogP contribution in [0.4, 0.5) is 5.69 Å². The monoisotopic (exact) mass is 322 g/mol. The average molecular weight is 322 g/mol. The predicted molar refractivity (Wildman–Crippen MR) is 80.3 cm³/mol. The van der Waals surface area contributed by atoms with Crippen molar-refractivity contribution in [2.45, 2.75) is 18.9 Å². The van der Waals surface area contributed by atoms with Crippen LogP contribution >= 0.6 is 0 Å². The molecule has 0 aliphatic carbocycles. The summed E-state index contributed by atoms with van der Waals surface area (Å²) in [5, 5.41) is 5.06. The highest BCUT2D eigenvalue weighted by molar-refractivity contribution is 5.94. The van der Waals surface area contributed by atoms with Gasteiger partial charge in [-0.2, -0.15) is 0 Å². The number of benzene rings is 1. The van der Waals surface area contributed by atoms with E-state index in [2.05, 4.69) is 10.6 Å². The molecular weight excluding hydrogens is 304 g/mol. The van der Waals surface area contributed by atoms with E-state index in [9.17, 15) is 14.4 Å². The highest BCUT2D eigenvalue weighted by Gasteiger charge is 2.28. The third-order valence-corrected chi connectivity index (χ3v) is 3.29. The molecule has 0 radical (unpaired) electrons. The van der Waals surface area contributed by atoms with Crippen molar-refractivity contribution < 1.29 is 28.6 Å². The van der Waals surface area contributed by atoms with Crippen molar-refractivity contribution in [2.24, 2.45) is 0 Å². The van der Waals surface area contributed by atoms with Gasteiger partial charge in [-0.3, -0.25) is 9.59 Å². The minimum Gasteiger partial charge on any atom is -0.493 e. The molecule has 2 amide bonds. The third kappa shape index (κ3) is 4.35. The SMILES string of the molecule is COc1ccc(NC(=O)COC(=O)[C@@H]2CCC(=O)N2)cc1OC. The fourth-order valence-corrected chi connectivity index (χ4v) is 2.14. The van der Waals surface area contributed by atoms with Gasteiger partial charge in [0.2, 0.25) is 5.91 Å². The largest absolute Gasteiger partial charge is 0.493 e. The Bertz CT molecular complexity index is 616. The number of anilines is 1. The van der Waals surface area contributed by atoms with Crippen molar-refractivity contribution in [3.63, 3.8) is 0 Å². The topological polar surface area (TPSA) is 103 Å². The molecule has 124 valence electrons. The summed E-state index contributed by atoms with van der Waals surface area (Å²) in [5.41, 5.74) is 0.484. The van der Waals surface area contributed by atoms with Crippen LogP contribution in [0.15, 0.2) is 18.2 Å². The lowest BCUT2D eigenvalue weighted by Crippen LogP contribution is -2.36. The Kier molecular flexibility index (Phi) is 5.40. The standard InChI is InChI=1S/C15H18N2O6/c1-21-11-5-3-9(7-12(11)22-2)16-14(19)8-23-15(20)10-4-6-13(18)17-10/h3,5,7,10H,4,6,8H2,1-2H3,(H,16,19)(H,17,18)/t10-/m0/s1. The fraction of sp³-hybridized carbons (Fsp3) is 0.400. The first-order valence-electron chi connectivity index (χ1n) is 7.01. The van der Waals surface area contributed by atoms with Gasteiger partial charge in [0.15, 0.2) is 18.1 Å². The Morgan fingerprint density at radius 1 is 1.26 bits per heavy atom. The maximum Gasteiger partial charge on any atom is 0.329 e. The molecule has 1 heterocycles. The zero-order valence-electron chi connectivity index (χ0n) is 12.9. The normalized spacial score (nSPS) is 16.4. The van der Waals surface area contributed by atoms with Crippen molar-refractivity contribution in [2.75, 3.05) is 26.1 Å². The number of esters is 1. The molecule has 1 aliphatic rings. The van der Waals surface area contributed by atoms with Crippen molar-refractivity contribution in [3.8, 4) is 11.5 Å². The van der Waals surface area contributed by atoms with Gasteiger partial charge in [0, 0.05) is 18.2 Å². The van der Waals surface area contributed by atoms with E-state index in [-0.39, 0.29) is 12.3 Å². The molecule has 0 saturated carbocycles. The summed E-state index contributed by atoms with van der Waals surface area (Å²) in [6.45, 7) is -0.431. The van der Waals surface area contributed by atoms with E-state index in [1.165, 1.54) is 14.2 Å². The molecule has 8 nitrogen and oxygen atoms in total. The van der Waals surface area contributed by atoms with E-state index in [1.807, 2.05) is 0 Å². The Morgan fingerprint density at radius 3 is 2.61 bits per heavy atom. The smallest absolute Gasteiger partial charge is 0.329 e. The van der Waals surface area contributed by atoms with E-state index < -0.39 is 24.5 Å². The van der Waals surface area contributed by atoms with Crippen LogP contribution in [0.5, 0.6) is 11.5 Å². The molecule has 1 aromatic carbocycles. The van der Waals surface area contributed by atoms with Crippen molar-refractivity contribution in [1.82, 2.24) is 5.32 Å². The maximum atomic E-state index is 11.8. The van der Waals surface area contributed by atoms with Gasteiger partial charge in [0.1, 0.15) is 6.04 Å². The Hall–Kier alpha value is -2.77. The van der Waals surface area contributed by atoms with Crippen molar-refractivity contribution in [3.05, 3.63) is 18.2 Å². The average Bonchev–Trinajstić information content (AvgIpc) is 2.99. The number of amides is 2. The number of hydrogen-bond acceptors (Lipinski definition) is 6. The highest BCUT2D eigenvalue weighted by Crippen LogP contribution is 2.29. The zero-order valence-corrected chi connectivity index (χ0v) is 12.9. The van der Waals surface area contributed by atoms with Crippen LogP contribution in [0.3, 0.4) is 0 Å². The van der Waals surface area contributed by atoms with Gasteiger partial charge in [-0.25, -0.2) is 4.79 Å². The summed E-state index contributed by atoms with van der Waals surface area (Å²) >= 11 is 0. The zero-order chi connectivity index (χ0) is 16.8. The summed E-state index contributed by atoms with van der Waals surface area (Å²) in [4.78, 5) is 34.5. The lowest BCUT2D eigenvalue weighted by molar-refractivity contribution is -0.149. The first-order valence-corrected chi connectivity index (χ1v) is 7.01. The summed E-state index contributed by atoms with van der Waals surface area (Å²) in [5.74, 6) is -0.292. The number of nitrogens with one attached hydrogen (secondary N) is 2. The summed E-state index contributed by atoms with van der Waals surface area (Å²) in [7, 11) is 3.00. The summed E-state index contributed by atoms with van der Waals surface area (Å²) in [6, 6.07) is 4.21. The van der Waals surface area contributed by atoms with E-state index in [1.54, 1.807) is 18.2 Å². The van der Waals surface area contributed by atoms with E-state index in [0.717, 1.165) is 0 Å². The minimum atomic E-state index is -0.670. The number of ether oxygens (including phenoxy) is 3. The van der Waals surface area contributed by atoms with Crippen molar-refractivity contribution in [1.29, 1.82) is 0 Å². The molecule has 0 spiro atoms. The summed E-state index contributed by atoms with van der Waals surface area (Å²) < 4.78 is 15.1. The van der Waals surface area contributed by atoms with E-state index in [0.29, 0.717) is 23.6 Å². The maximum absolute atomic E-state index is 11.8. The molecule has 2 N–H and O–H groups in total. The Labute approximate surface area is 133 Å². The van der Waals surface area contributed by atoms with Gasteiger partial charge in [0.25, 0.3) is 5.91 Å². The van der Waals surface area contributed by atoms with Gasteiger partial charge in [0.05, 0.1) is 14.2 Å². The van der Waals surface area contributed by atoms with Gasteiger partial charge in [-0.15, -0.1) is 0 Å². The van der Waals surface area contributed by atoms with Gasteiger partial charge >= 0.3 is 5.97 Å². The van der Waals surface area contributed by atoms with Crippen LogP contribution in [0.2, 0.25) is 0 Å². The molecule has 1 saturated heterocycles. The van der Waals surface area contributed by atoms with Gasteiger partial charge < -0.3 is 24.8 Å². The van der Waals surface area contributed by atoms with Crippen LogP contribution in [-0.2, 0) is 19.1 Å². The predicted octanol–water partition coefficient (Wildman–Crippen LogP) is 0.464. The van der Waals surface area contributed by atoms with Gasteiger partial charge in [-0.05, 0) is 18.6 Å². The highest BCUT2D eigenvalue weighted by atomic mass is 16.5. The molecule has 1 aliphatic heterocycles. The third-order valence-electron chi connectivity index (χ3n) is 3.29. The molecule has 2 rings (SSSR count). The number of carbonyl (C=O) groups is 3. The lowest BCUT2D eigenvalue weighted by Gasteiger charge is -2.12. The summed E-state index contributed by atoms with van der Waals surface area (Å²) in [6.07, 6.45) is 0.673. The first-order chi connectivity index (χ1) is 11.0. The second-order valence-corrected chi connectivity index (χ2v) is 4.88. The number of hydrogen-bond donors (Lipinski definition) is 2. The fourth-order valence-electron chi connectivity index (χ4n) is 2.14. The molecule has 0 unspecified atom stereocenters. The molecule has 0 bridgehead atoms. The molecule has 1 fully saturated rings. The van der Waals surface area contributed by atoms with Crippen molar-refractivity contribution >= 4 is 23.5 Å². The molecule has 1 atom stereocenters. The Balaban J connectivity index is 1.85. The number of methoxy groups -OCH3 is 2. The molecule has 1 aromatic rings. The molecule has 8 heteroatoms. The number of carbonyl (C=O) groups excluding carboxylic acids is 3. The van der Waals surface area contributed by atoms with E-state index in [4.69, 9.17) is 14.2 Å². The van der Waals surface area contributed by atoms with Crippen LogP contribution in [-0.4, -0.2) is 44.7 Å². The second kappa shape index (κ2) is 7.48. The lowest BCUT2D eigenvalue weighted by atomic mass is 10.2.